The van der Waals surface area contributed by atoms with Gasteiger partial charge in [-0.15, -0.1) is 0 Å². The molecule has 2 aliphatic heterocycles. The molecule has 4 aromatic rings. The number of fused-ring (bicyclic) bond motifs is 3. The Morgan fingerprint density at radius 3 is 2.61 bits per heavy atom. The van der Waals surface area contributed by atoms with E-state index in [9.17, 15) is 9.00 Å². The topological polar surface area (TPSA) is 96.2 Å². The Labute approximate surface area is 211 Å². The van der Waals surface area contributed by atoms with Gasteiger partial charge >= 0.3 is 0 Å². The molecular weight excluding hydrogens is 474 g/mol. The van der Waals surface area contributed by atoms with Crippen molar-refractivity contribution < 1.29 is 9.00 Å². The Kier molecular flexibility index (Phi) is 5.57. The number of amides is 1. The number of hydrogen-bond acceptors (Lipinski definition) is 7. The summed E-state index contributed by atoms with van der Waals surface area (Å²) >= 11 is 0. The average Bonchev–Trinajstić information content (AvgIpc) is 3.62. The van der Waals surface area contributed by atoms with E-state index in [2.05, 4.69) is 20.3 Å². The minimum atomic E-state index is -1.21. The van der Waals surface area contributed by atoms with Crippen molar-refractivity contribution in [3.63, 3.8) is 0 Å². The van der Waals surface area contributed by atoms with E-state index in [1.54, 1.807) is 31.0 Å². The van der Waals surface area contributed by atoms with E-state index in [0.717, 1.165) is 47.4 Å². The molecule has 2 aliphatic rings. The lowest BCUT2D eigenvalue weighted by Gasteiger charge is -2.27. The molecule has 1 unspecified atom stereocenters. The van der Waals surface area contributed by atoms with Gasteiger partial charge in [0.2, 0.25) is 5.95 Å². The first-order valence-corrected chi connectivity index (χ1v) is 13.4. The lowest BCUT2D eigenvalue weighted by atomic mass is 10.1. The maximum atomic E-state index is 13.3. The predicted octanol–water partition coefficient (Wildman–Crippen LogP) is 2.47. The summed E-state index contributed by atoms with van der Waals surface area (Å²) < 4.78 is 14.3. The highest BCUT2D eigenvalue weighted by atomic mass is 32.2. The van der Waals surface area contributed by atoms with E-state index in [4.69, 9.17) is 0 Å². The average molecular weight is 502 g/mol. The second-order valence-electron chi connectivity index (χ2n) is 9.57. The number of piperazine rings is 1. The van der Waals surface area contributed by atoms with Crippen LogP contribution in [0.4, 0.5) is 5.69 Å². The maximum absolute atomic E-state index is 13.3. The second kappa shape index (κ2) is 8.79. The summed E-state index contributed by atoms with van der Waals surface area (Å²) in [6.45, 7) is 1.58. The molecule has 2 bridgehead atoms. The molecule has 6 rings (SSSR count). The molecule has 1 N–H and O–H groups in total. The van der Waals surface area contributed by atoms with Gasteiger partial charge in [-0.25, -0.2) is 9.97 Å². The van der Waals surface area contributed by atoms with Gasteiger partial charge in [-0.2, -0.15) is 0 Å². The Hall–Kier alpha value is -3.63. The van der Waals surface area contributed by atoms with Crippen LogP contribution in [0.15, 0.2) is 60.0 Å². The van der Waals surface area contributed by atoms with Gasteiger partial charge in [-0.1, -0.05) is 6.07 Å². The van der Waals surface area contributed by atoms with Gasteiger partial charge in [0, 0.05) is 92.5 Å². The van der Waals surface area contributed by atoms with E-state index in [1.807, 2.05) is 58.8 Å². The van der Waals surface area contributed by atoms with Gasteiger partial charge in [-0.05, 0) is 30.7 Å². The molecule has 36 heavy (non-hydrogen) atoms. The summed E-state index contributed by atoms with van der Waals surface area (Å²) in [5.41, 5.74) is 3.99. The van der Waals surface area contributed by atoms with Crippen LogP contribution in [0, 0.1) is 0 Å². The monoisotopic (exact) mass is 501 g/mol. The van der Waals surface area contributed by atoms with Crippen LogP contribution in [-0.4, -0.2) is 80.1 Å². The fraction of sp³-hybridized carbons (Fsp3) is 0.308. The summed E-state index contributed by atoms with van der Waals surface area (Å²) in [5, 5.41) is 4.26. The van der Waals surface area contributed by atoms with Gasteiger partial charge in [0.1, 0.15) is 0 Å². The number of nitrogens with zero attached hydrogens (tertiary/aromatic N) is 6. The molecule has 9 nitrogen and oxygen atoms in total. The van der Waals surface area contributed by atoms with Crippen molar-refractivity contribution in [2.45, 2.75) is 23.4 Å². The lowest BCUT2D eigenvalue weighted by molar-refractivity contribution is 0.0716. The van der Waals surface area contributed by atoms with Crippen LogP contribution in [0.5, 0.6) is 0 Å². The zero-order chi connectivity index (χ0) is 25.0. The zero-order valence-electron chi connectivity index (χ0n) is 20.4. The number of pyridine rings is 1. The zero-order valence-corrected chi connectivity index (χ0v) is 21.2. The molecule has 10 heteroatoms. The SMILES string of the molecule is CN(C)c1ccnc(-c2cnc(-n3cc(S(C)=O)c4ccc(C(=O)N5C[C@@H]6C[C@H]5CN6)cc43)nc2)c1. The largest absolute Gasteiger partial charge is 0.378 e. The van der Waals surface area contributed by atoms with Crippen molar-refractivity contribution in [2.75, 3.05) is 38.3 Å². The summed E-state index contributed by atoms with van der Waals surface area (Å²) in [5.74, 6) is 0.471. The summed E-state index contributed by atoms with van der Waals surface area (Å²) in [4.78, 5) is 31.7. The summed E-state index contributed by atoms with van der Waals surface area (Å²) in [6.07, 6.45) is 9.71. The van der Waals surface area contributed by atoms with Crippen LogP contribution in [0.3, 0.4) is 0 Å². The molecular formula is C26H27N7O2S. The molecule has 0 saturated carbocycles. The third-order valence-corrected chi connectivity index (χ3v) is 8.00. The van der Waals surface area contributed by atoms with E-state index in [1.165, 1.54) is 0 Å². The van der Waals surface area contributed by atoms with Gasteiger partial charge in [0.25, 0.3) is 5.91 Å². The Balaban J connectivity index is 1.38. The van der Waals surface area contributed by atoms with Gasteiger partial charge in [-0.3, -0.25) is 18.6 Å². The number of likely N-dealkylation sites (tertiary alicyclic amines) is 1. The van der Waals surface area contributed by atoms with Crippen molar-refractivity contribution in [2.24, 2.45) is 0 Å². The molecule has 3 aromatic heterocycles. The third kappa shape index (κ3) is 3.86. The molecule has 2 fully saturated rings. The number of nitrogens with one attached hydrogen (secondary N) is 1. The number of anilines is 1. The second-order valence-corrected chi connectivity index (χ2v) is 10.9. The highest BCUT2D eigenvalue weighted by Gasteiger charge is 2.40. The molecule has 0 radical (unpaired) electrons. The van der Waals surface area contributed by atoms with E-state index >= 15 is 0 Å². The quantitative estimate of drug-likeness (QED) is 0.449. The smallest absolute Gasteiger partial charge is 0.254 e. The number of rotatable bonds is 5. The summed E-state index contributed by atoms with van der Waals surface area (Å²) in [7, 11) is 2.75. The van der Waals surface area contributed by atoms with Crippen LogP contribution >= 0.6 is 0 Å². The molecule has 1 amide bonds. The van der Waals surface area contributed by atoms with Crippen molar-refractivity contribution in [1.82, 2.24) is 29.7 Å². The fourth-order valence-corrected chi connectivity index (χ4v) is 5.87. The lowest BCUT2D eigenvalue weighted by Crippen LogP contribution is -2.46. The Morgan fingerprint density at radius 1 is 1.14 bits per heavy atom. The van der Waals surface area contributed by atoms with Crippen LogP contribution in [0.1, 0.15) is 16.8 Å². The van der Waals surface area contributed by atoms with Gasteiger partial charge in [0.05, 0.1) is 26.9 Å². The van der Waals surface area contributed by atoms with Crippen LogP contribution in [0.2, 0.25) is 0 Å². The first-order valence-electron chi connectivity index (χ1n) is 11.9. The Bertz CT molecular complexity index is 1500. The summed E-state index contributed by atoms with van der Waals surface area (Å²) in [6, 6.07) is 10.2. The van der Waals surface area contributed by atoms with Crippen molar-refractivity contribution in [3.05, 3.63) is 60.7 Å². The van der Waals surface area contributed by atoms with Crippen LogP contribution in [-0.2, 0) is 10.8 Å². The van der Waals surface area contributed by atoms with Crippen LogP contribution in [0.25, 0.3) is 28.1 Å². The molecule has 1 aromatic carbocycles. The number of carbonyl (C=O) groups is 1. The van der Waals surface area contributed by atoms with Crippen molar-refractivity contribution >= 4 is 33.3 Å². The maximum Gasteiger partial charge on any atom is 0.254 e. The molecule has 0 spiro atoms. The highest BCUT2D eigenvalue weighted by molar-refractivity contribution is 7.84. The molecule has 0 aliphatic carbocycles. The minimum absolute atomic E-state index is 0.0286. The van der Waals surface area contributed by atoms with Crippen LogP contribution < -0.4 is 10.2 Å². The van der Waals surface area contributed by atoms with Crippen molar-refractivity contribution in [1.29, 1.82) is 0 Å². The third-order valence-electron chi connectivity index (χ3n) is 7.05. The van der Waals surface area contributed by atoms with Gasteiger partial charge in [0.15, 0.2) is 0 Å². The van der Waals surface area contributed by atoms with Crippen molar-refractivity contribution in [3.8, 4) is 17.2 Å². The number of hydrogen-bond donors (Lipinski definition) is 1. The van der Waals surface area contributed by atoms with Gasteiger partial charge < -0.3 is 15.1 Å². The number of benzene rings is 1. The van der Waals surface area contributed by atoms with E-state index < -0.39 is 10.8 Å². The van der Waals surface area contributed by atoms with E-state index in [-0.39, 0.29) is 11.9 Å². The molecule has 5 heterocycles. The number of carbonyl (C=O) groups excluding carboxylic acids is 1. The normalized spacial score (nSPS) is 19.7. The fourth-order valence-electron chi connectivity index (χ4n) is 5.13. The van der Waals surface area contributed by atoms with E-state index in [0.29, 0.717) is 22.4 Å². The molecule has 2 saturated heterocycles. The highest BCUT2D eigenvalue weighted by Crippen LogP contribution is 2.30. The first kappa shape index (κ1) is 22.8. The Morgan fingerprint density at radius 2 is 1.94 bits per heavy atom. The molecule has 184 valence electrons. The standard InChI is InChI=1S/C26H27N7O2S/c1-31(2)19-6-7-27-22(10-19)17-11-29-26(30-12-17)33-15-24(36(3)35)21-5-4-16(8-23(21)33)25(34)32-14-18-9-20(32)13-28-18/h4-8,10-12,15,18,20,28H,9,13-14H2,1-3H3/t18-,20-,36?/m0/s1. The molecule has 3 atom stereocenters. The number of aromatic nitrogens is 4. The minimum Gasteiger partial charge on any atom is -0.378 e. The first-order chi connectivity index (χ1) is 17.4. The predicted molar refractivity (Wildman–Crippen MR) is 140 cm³/mol.